The number of nitrogens with one attached hydrogen (secondary N) is 2. The van der Waals surface area contributed by atoms with Crippen LogP contribution in [0.25, 0.3) is 0 Å². The predicted molar refractivity (Wildman–Crippen MR) is 202 cm³/mol. The predicted octanol–water partition coefficient (Wildman–Crippen LogP) is 0.200. The van der Waals surface area contributed by atoms with Crippen LogP contribution in [-0.2, 0) is 23.8 Å². The molecule has 10 atom stereocenters. The molecule has 17 heteroatoms. The van der Waals surface area contributed by atoms with Crippen molar-refractivity contribution in [2.75, 3.05) is 33.7 Å². The van der Waals surface area contributed by atoms with Gasteiger partial charge in [0.05, 0.1) is 0 Å². The highest BCUT2D eigenvalue weighted by atomic mass is 16.7. The van der Waals surface area contributed by atoms with Crippen molar-refractivity contribution < 1.29 is 44.2 Å². The Kier molecular flexibility index (Phi) is 17.9. The Morgan fingerprint density at radius 2 is 1.49 bits per heavy atom. The number of aliphatic hydroxyl groups is 4. The fraction of sp³-hybridized carbons (Fsp3) is 0.789. The number of likely N-dealkylation sites (N-methyl/N-ethyl adjacent to an activating group) is 2. The van der Waals surface area contributed by atoms with E-state index in [4.69, 9.17) is 19.9 Å². The number of aliphatic hydroxyl groups excluding tert-OH is 4. The van der Waals surface area contributed by atoms with Gasteiger partial charge >= 0.3 is 5.69 Å². The van der Waals surface area contributed by atoms with Crippen LogP contribution in [0.5, 0.6) is 0 Å². The van der Waals surface area contributed by atoms with Gasteiger partial charge in [-0.25, -0.2) is 4.79 Å². The van der Waals surface area contributed by atoms with Gasteiger partial charge < -0.3 is 50.6 Å². The van der Waals surface area contributed by atoms with E-state index >= 15 is 0 Å². The fourth-order valence-corrected chi connectivity index (χ4v) is 7.56. The smallest absolute Gasteiger partial charge is 0.330 e. The molecular formula is C38H64N6O11. The van der Waals surface area contributed by atoms with Gasteiger partial charge in [0.2, 0.25) is 5.91 Å². The molecule has 2 fully saturated rings. The van der Waals surface area contributed by atoms with Crippen molar-refractivity contribution >= 4 is 11.8 Å². The largest absolute Gasteiger partial charge is 0.387 e. The highest BCUT2D eigenvalue weighted by molar-refractivity contribution is 5.99. The number of H-pyrrole nitrogens is 1. The lowest BCUT2D eigenvalue weighted by Crippen LogP contribution is -2.59. The van der Waals surface area contributed by atoms with Crippen LogP contribution in [-0.4, -0.2) is 140 Å². The van der Waals surface area contributed by atoms with E-state index in [1.807, 2.05) is 0 Å². The van der Waals surface area contributed by atoms with Crippen molar-refractivity contribution in [3.05, 3.63) is 44.9 Å². The molecule has 8 unspecified atom stereocenters. The van der Waals surface area contributed by atoms with E-state index in [2.05, 4.69) is 17.2 Å². The minimum atomic E-state index is -1.75. The van der Waals surface area contributed by atoms with E-state index in [0.717, 1.165) is 42.5 Å². The number of ether oxygens (including phenoxy) is 3. The molecule has 0 saturated carbocycles. The standard InChI is InChI=1S/C38H64N6O11/c1-4-5-6-7-8-9-10-11-12-13-14-15-16-17-20-40-34(50)24-18-21-42(2)27(35(51)43(24)3)32(55-37-31(49)28(46)25(23-39)53-37)33-29(47)30(48)36(54-33)44-22-19-26(45)41-38(44)52/h18-19,22,25,27-33,36-37,46-49H,4-17,20-21,23,39H2,1-3H3,(H,40,50)(H,41,45,52)/t25?,27-,28?,29?,30?,31?,32-,33?,36?,37?/m0/s1. The summed E-state index contributed by atoms with van der Waals surface area (Å²) < 4.78 is 18.7. The Labute approximate surface area is 322 Å². The number of unbranched alkanes of at least 4 members (excludes halogenated alkanes) is 13. The van der Waals surface area contributed by atoms with Gasteiger partial charge in [-0.1, -0.05) is 90.4 Å². The molecule has 0 aliphatic carbocycles. The summed E-state index contributed by atoms with van der Waals surface area (Å²) in [6, 6.07) is -0.266. The molecule has 312 valence electrons. The molecule has 4 rings (SSSR count). The summed E-state index contributed by atoms with van der Waals surface area (Å²) in [5.41, 5.74) is 4.20. The van der Waals surface area contributed by atoms with Crippen LogP contribution in [0.1, 0.15) is 103 Å². The van der Waals surface area contributed by atoms with Crippen LogP contribution in [0.4, 0.5) is 0 Å². The lowest BCUT2D eigenvalue weighted by molar-refractivity contribution is -0.232. The maximum absolute atomic E-state index is 14.3. The van der Waals surface area contributed by atoms with E-state index in [0.29, 0.717) is 6.54 Å². The third-order valence-corrected chi connectivity index (χ3v) is 10.9. The van der Waals surface area contributed by atoms with Crippen molar-refractivity contribution in [3.63, 3.8) is 0 Å². The average Bonchev–Trinajstić information content (AvgIpc) is 3.56. The Hall–Kier alpha value is -3.00. The molecule has 0 radical (unpaired) electrons. The van der Waals surface area contributed by atoms with Crippen LogP contribution in [0.15, 0.2) is 33.6 Å². The number of rotatable bonds is 22. The third-order valence-electron chi connectivity index (χ3n) is 10.9. The van der Waals surface area contributed by atoms with E-state index in [1.54, 1.807) is 18.0 Å². The minimum absolute atomic E-state index is 0.0680. The maximum atomic E-state index is 14.3. The van der Waals surface area contributed by atoms with E-state index < -0.39 is 84.4 Å². The summed E-state index contributed by atoms with van der Waals surface area (Å²) in [7, 11) is 3.02. The highest BCUT2D eigenvalue weighted by Crippen LogP contribution is 2.36. The molecule has 0 aromatic carbocycles. The monoisotopic (exact) mass is 780 g/mol. The molecule has 2 saturated heterocycles. The number of amides is 2. The molecule has 55 heavy (non-hydrogen) atoms. The first-order valence-electron chi connectivity index (χ1n) is 20.1. The molecule has 1 aromatic rings. The topological polar surface area (TPSA) is 242 Å². The van der Waals surface area contributed by atoms with Gasteiger partial charge in [-0.2, -0.15) is 0 Å². The van der Waals surface area contributed by atoms with Crippen LogP contribution >= 0.6 is 0 Å². The summed E-state index contributed by atoms with van der Waals surface area (Å²) in [5.74, 6) is -1.08. The number of nitrogens with zero attached hydrogens (tertiary/aromatic N) is 3. The van der Waals surface area contributed by atoms with Crippen molar-refractivity contribution in [2.45, 2.75) is 158 Å². The van der Waals surface area contributed by atoms with E-state index in [1.165, 1.54) is 76.2 Å². The maximum Gasteiger partial charge on any atom is 0.330 e. The van der Waals surface area contributed by atoms with Crippen LogP contribution in [0.2, 0.25) is 0 Å². The number of carbonyl (C=O) groups excluding carboxylic acids is 2. The summed E-state index contributed by atoms with van der Waals surface area (Å²) in [6.45, 7) is 2.59. The van der Waals surface area contributed by atoms with E-state index in [9.17, 15) is 39.6 Å². The molecule has 3 aliphatic rings. The second-order valence-corrected chi connectivity index (χ2v) is 15.1. The van der Waals surface area contributed by atoms with Gasteiger partial charge in [-0.3, -0.25) is 28.8 Å². The third kappa shape index (κ3) is 11.8. The first-order chi connectivity index (χ1) is 26.4. The molecule has 0 bridgehead atoms. The van der Waals surface area contributed by atoms with Gasteiger partial charge in [0, 0.05) is 38.9 Å². The Bertz CT molecular complexity index is 1510. The van der Waals surface area contributed by atoms with Gasteiger partial charge in [-0.15, -0.1) is 0 Å². The first-order valence-corrected chi connectivity index (χ1v) is 20.1. The average molecular weight is 781 g/mol. The van der Waals surface area contributed by atoms with Crippen LogP contribution < -0.4 is 22.3 Å². The molecule has 4 heterocycles. The van der Waals surface area contributed by atoms with Crippen molar-refractivity contribution in [3.8, 4) is 0 Å². The molecule has 2 amide bonds. The zero-order valence-corrected chi connectivity index (χ0v) is 32.6. The van der Waals surface area contributed by atoms with Gasteiger partial charge in [0.15, 0.2) is 12.5 Å². The lowest BCUT2D eigenvalue weighted by Gasteiger charge is -2.38. The normalized spacial score (nSPS) is 29.4. The van der Waals surface area contributed by atoms with Gasteiger partial charge in [-0.05, 0) is 19.5 Å². The molecule has 0 spiro atoms. The number of aromatic nitrogens is 2. The molecule has 3 aliphatic heterocycles. The summed E-state index contributed by atoms with van der Waals surface area (Å²) in [4.78, 5) is 56.7. The zero-order valence-electron chi connectivity index (χ0n) is 32.6. The fourth-order valence-electron chi connectivity index (χ4n) is 7.56. The second kappa shape index (κ2) is 22.1. The van der Waals surface area contributed by atoms with Crippen LogP contribution in [0.3, 0.4) is 0 Å². The molecule has 1 aromatic heterocycles. The number of hydrogen-bond acceptors (Lipinski definition) is 13. The Balaban J connectivity index is 1.36. The number of carbonyl (C=O) groups is 2. The summed E-state index contributed by atoms with van der Waals surface area (Å²) >= 11 is 0. The SMILES string of the molecule is CCCCCCCCCCCCCCCCNC(=O)C1=CCN(C)[C@@H]([C@H](OC2OC(CN)C(O)C2O)C2OC(n3ccc(=O)[nH]c3=O)C(O)C2O)C(=O)N1C. The summed E-state index contributed by atoms with van der Waals surface area (Å²) in [5, 5.41) is 46.5. The number of nitrogens with two attached hydrogens (primary N) is 1. The molecular weight excluding hydrogens is 716 g/mol. The van der Waals surface area contributed by atoms with E-state index in [-0.39, 0.29) is 18.8 Å². The zero-order chi connectivity index (χ0) is 40.1. The van der Waals surface area contributed by atoms with Gasteiger partial charge in [0.25, 0.3) is 11.5 Å². The summed E-state index contributed by atoms with van der Waals surface area (Å²) in [6.07, 6.45) is 6.20. The lowest BCUT2D eigenvalue weighted by atomic mass is 9.97. The van der Waals surface area contributed by atoms with Crippen molar-refractivity contribution in [1.29, 1.82) is 0 Å². The Morgan fingerprint density at radius 1 is 0.891 bits per heavy atom. The highest BCUT2D eigenvalue weighted by Gasteiger charge is 2.55. The quantitative estimate of drug-likeness (QED) is 0.0780. The van der Waals surface area contributed by atoms with Crippen LogP contribution in [0, 0.1) is 0 Å². The number of aromatic amines is 1. The van der Waals surface area contributed by atoms with Crippen molar-refractivity contribution in [1.82, 2.24) is 24.7 Å². The molecule has 17 nitrogen and oxygen atoms in total. The van der Waals surface area contributed by atoms with Gasteiger partial charge in [0.1, 0.15) is 54.5 Å². The minimum Gasteiger partial charge on any atom is -0.387 e. The number of hydrogen-bond donors (Lipinski definition) is 7. The molecule has 8 N–H and O–H groups in total. The Morgan fingerprint density at radius 3 is 2.05 bits per heavy atom. The second-order valence-electron chi connectivity index (χ2n) is 15.1. The van der Waals surface area contributed by atoms with Crippen molar-refractivity contribution in [2.24, 2.45) is 5.73 Å². The first kappa shape index (κ1) is 44.7.